The summed E-state index contributed by atoms with van der Waals surface area (Å²) in [6.07, 6.45) is 3.51. The molecule has 5 rings (SSSR count). The van der Waals surface area contributed by atoms with E-state index < -0.39 is 0 Å². The van der Waals surface area contributed by atoms with Gasteiger partial charge >= 0.3 is 0 Å². The maximum atomic E-state index is 13.2. The Morgan fingerprint density at radius 2 is 1.66 bits per heavy atom. The third kappa shape index (κ3) is 5.49. The zero-order valence-electron chi connectivity index (χ0n) is 20.4. The predicted molar refractivity (Wildman–Crippen MR) is 132 cm³/mol. The number of aromatic nitrogens is 4. The molecule has 2 aliphatic rings. The number of amides is 1. The molecule has 184 valence electrons. The molecule has 1 unspecified atom stereocenters. The van der Waals surface area contributed by atoms with E-state index in [0.717, 1.165) is 50.8 Å². The van der Waals surface area contributed by atoms with E-state index in [9.17, 15) is 4.79 Å². The lowest BCUT2D eigenvalue weighted by molar-refractivity contribution is -0.137. The molecule has 10 heteroatoms. The molecule has 0 bridgehead atoms. The molecule has 2 fully saturated rings. The fourth-order valence-electron chi connectivity index (χ4n) is 4.64. The maximum absolute atomic E-state index is 13.2. The highest BCUT2D eigenvalue weighted by Crippen LogP contribution is 2.18. The number of benzene rings is 1. The summed E-state index contributed by atoms with van der Waals surface area (Å²) in [6.45, 7) is 11.0. The number of piperazine rings is 2. The number of nitrogens with zero attached hydrogens (tertiary/aromatic N) is 8. The van der Waals surface area contributed by atoms with Gasteiger partial charge in [0.05, 0.1) is 12.6 Å². The first kappa shape index (κ1) is 23.4. The van der Waals surface area contributed by atoms with Gasteiger partial charge in [-0.05, 0) is 19.9 Å². The fourth-order valence-corrected chi connectivity index (χ4v) is 4.64. The monoisotopic (exact) mass is 476 g/mol. The van der Waals surface area contributed by atoms with Gasteiger partial charge in [0.2, 0.25) is 23.6 Å². The number of hydrogen-bond donors (Lipinski definition) is 0. The summed E-state index contributed by atoms with van der Waals surface area (Å²) in [5, 5.41) is 4.14. The fraction of sp³-hybridized carbons (Fsp3) is 0.480. The molecule has 1 aromatic carbocycles. The average Bonchev–Trinajstić information content (AvgIpc) is 3.38. The van der Waals surface area contributed by atoms with Crippen LogP contribution >= 0.6 is 0 Å². The normalized spacial score (nSPS) is 18.6. The molecule has 1 atom stereocenters. The summed E-state index contributed by atoms with van der Waals surface area (Å²) in [4.78, 5) is 35.1. The molecule has 35 heavy (non-hydrogen) atoms. The van der Waals surface area contributed by atoms with Gasteiger partial charge in [-0.25, -0.2) is 9.97 Å². The Hall–Kier alpha value is -3.37. The topological polar surface area (TPSA) is 94.7 Å². The zero-order chi connectivity index (χ0) is 24.2. The van der Waals surface area contributed by atoms with Gasteiger partial charge in [0, 0.05) is 70.3 Å². The molecule has 4 heterocycles. The second-order valence-corrected chi connectivity index (χ2v) is 9.23. The summed E-state index contributed by atoms with van der Waals surface area (Å²) >= 11 is 0. The molecular weight excluding hydrogens is 444 g/mol. The summed E-state index contributed by atoms with van der Waals surface area (Å²) in [6, 6.07) is 9.80. The first-order chi connectivity index (χ1) is 17.1. The van der Waals surface area contributed by atoms with Crippen molar-refractivity contribution >= 4 is 11.9 Å². The van der Waals surface area contributed by atoms with Crippen molar-refractivity contribution in [3.05, 3.63) is 54.2 Å². The highest BCUT2D eigenvalue weighted by molar-refractivity contribution is 5.81. The van der Waals surface area contributed by atoms with E-state index in [0.29, 0.717) is 31.3 Å². The lowest BCUT2D eigenvalue weighted by atomic mass is 10.1. The van der Waals surface area contributed by atoms with Gasteiger partial charge in [-0.1, -0.05) is 35.0 Å². The van der Waals surface area contributed by atoms with Gasteiger partial charge in [0.25, 0.3) is 0 Å². The lowest BCUT2D eigenvalue weighted by Crippen LogP contribution is -2.57. The Morgan fingerprint density at radius 1 is 0.971 bits per heavy atom. The van der Waals surface area contributed by atoms with Crippen molar-refractivity contribution in [2.75, 3.05) is 57.3 Å². The van der Waals surface area contributed by atoms with Crippen LogP contribution in [0, 0.1) is 6.92 Å². The first-order valence-corrected chi connectivity index (χ1v) is 12.2. The molecule has 3 aromatic rings. The van der Waals surface area contributed by atoms with Gasteiger partial charge in [-0.15, -0.1) is 0 Å². The van der Waals surface area contributed by atoms with E-state index in [4.69, 9.17) is 4.52 Å². The predicted octanol–water partition coefficient (Wildman–Crippen LogP) is 1.69. The second kappa shape index (κ2) is 10.5. The zero-order valence-corrected chi connectivity index (χ0v) is 20.4. The number of carbonyl (C=O) groups is 1. The van der Waals surface area contributed by atoms with Crippen molar-refractivity contribution in [2.45, 2.75) is 26.4 Å². The summed E-state index contributed by atoms with van der Waals surface area (Å²) in [5.74, 6) is 2.18. The van der Waals surface area contributed by atoms with Crippen molar-refractivity contribution < 1.29 is 9.32 Å². The number of carbonyl (C=O) groups excluding carboxylic acids is 1. The highest BCUT2D eigenvalue weighted by Gasteiger charge is 2.31. The van der Waals surface area contributed by atoms with Crippen LogP contribution in [-0.4, -0.2) is 99.1 Å². The first-order valence-electron chi connectivity index (χ1n) is 12.2. The Morgan fingerprint density at radius 3 is 2.34 bits per heavy atom. The molecule has 10 nitrogen and oxygen atoms in total. The van der Waals surface area contributed by atoms with Crippen molar-refractivity contribution in [2.24, 2.45) is 0 Å². The molecule has 0 N–H and O–H groups in total. The quantitative estimate of drug-likeness (QED) is 0.527. The molecule has 2 saturated heterocycles. The Balaban J connectivity index is 1.08. The smallest absolute Gasteiger partial charge is 0.241 e. The van der Waals surface area contributed by atoms with Crippen molar-refractivity contribution in [1.82, 2.24) is 34.8 Å². The van der Waals surface area contributed by atoms with Crippen LogP contribution in [0.5, 0.6) is 0 Å². The third-order valence-corrected chi connectivity index (χ3v) is 6.88. The average molecular weight is 477 g/mol. The van der Waals surface area contributed by atoms with Gasteiger partial charge in [-0.3, -0.25) is 14.6 Å². The van der Waals surface area contributed by atoms with E-state index in [1.807, 2.05) is 42.2 Å². The number of hydrogen-bond acceptors (Lipinski definition) is 9. The van der Waals surface area contributed by atoms with Crippen LogP contribution in [0.4, 0.5) is 5.95 Å². The van der Waals surface area contributed by atoms with Crippen molar-refractivity contribution in [1.29, 1.82) is 0 Å². The number of aryl methyl sites for hydroxylation is 1. The number of anilines is 1. The molecule has 2 aliphatic heterocycles. The lowest BCUT2D eigenvalue weighted by Gasteiger charge is -2.40. The second-order valence-electron chi connectivity index (χ2n) is 9.23. The standard InChI is InChI=1S/C25H32N8O2/c1-19-4-6-21(7-5-19)23-28-22(35-29-23)18-30-10-12-31(13-11-30)20(2)24(34)32-14-16-33(17-15-32)25-26-8-3-9-27-25/h3-9,20H,10-18H2,1-2H3. The van der Waals surface area contributed by atoms with Crippen LogP contribution < -0.4 is 4.90 Å². The van der Waals surface area contributed by atoms with E-state index >= 15 is 0 Å². The van der Waals surface area contributed by atoms with Gasteiger partial charge in [0.15, 0.2) is 0 Å². The molecule has 1 amide bonds. The van der Waals surface area contributed by atoms with Crippen molar-refractivity contribution in [3.8, 4) is 11.4 Å². The Bertz CT molecular complexity index is 1100. The summed E-state index contributed by atoms with van der Waals surface area (Å²) < 4.78 is 5.49. The molecule has 0 saturated carbocycles. The van der Waals surface area contributed by atoms with E-state index in [-0.39, 0.29) is 11.9 Å². The van der Waals surface area contributed by atoms with Crippen LogP contribution in [0.1, 0.15) is 18.4 Å². The maximum Gasteiger partial charge on any atom is 0.241 e. The minimum atomic E-state index is -0.131. The minimum absolute atomic E-state index is 0.131. The van der Waals surface area contributed by atoms with Gasteiger partial charge in [0.1, 0.15) is 0 Å². The molecular formula is C25H32N8O2. The highest BCUT2D eigenvalue weighted by atomic mass is 16.5. The van der Waals surface area contributed by atoms with E-state index in [1.165, 1.54) is 5.56 Å². The SMILES string of the molecule is Cc1ccc(-c2noc(CN3CCN(C(C)C(=O)N4CCN(c5ncccn5)CC4)CC3)n2)cc1. The van der Waals surface area contributed by atoms with Crippen molar-refractivity contribution in [3.63, 3.8) is 0 Å². The van der Waals surface area contributed by atoms with Crippen LogP contribution in [0.3, 0.4) is 0 Å². The molecule has 0 spiro atoms. The largest absolute Gasteiger partial charge is 0.338 e. The van der Waals surface area contributed by atoms with Gasteiger partial charge in [-0.2, -0.15) is 4.98 Å². The summed E-state index contributed by atoms with van der Waals surface area (Å²) in [5.41, 5.74) is 2.16. The Kier molecular flexibility index (Phi) is 7.01. The van der Waals surface area contributed by atoms with Crippen LogP contribution in [0.25, 0.3) is 11.4 Å². The Labute approximate surface area is 205 Å². The third-order valence-electron chi connectivity index (χ3n) is 6.88. The minimum Gasteiger partial charge on any atom is -0.338 e. The molecule has 2 aromatic heterocycles. The van der Waals surface area contributed by atoms with Gasteiger partial charge < -0.3 is 14.3 Å². The van der Waals surface area contributed by atoms with Crippen LogP contribution in [0.15, 0.2) is 47.2 Å². The van der Waals surface area contributed by atoms with Crippen LogP contribution in [0.2, 0.25) is 0 Å². The van der Waals surface area contributed by atoms with E-state index in [2.05, 4.69) is 41.7 Å². The van der Waals surface area contributed by atoms with Crippen LogP contribution in [-0.2, 0) is 11.3 Å². The number of rotatable bonds is 6. The molecule has 0 radical (unpaired) electrons. The van der Waals surface area contributed by atoms with E-state index in [1.54, 1.807) is 12.4 Å². The summed E-state index contributed by atoms with van der Waals surface area (Å²) in [7, 11) is 0. The molecule has 0 aliphatic carbocycles.